The van der Waals surface area contributed by atoms with Crippen LogP contribution in [0.15, 0.2) is 29.6 Å². The molecule has 0 radical (unpaired) electrons. The number of halogens is 2. The highest BCUT2D eigenvalue weighted by Crippen LogP contribution is 2.26. The molecule has 1 unspecified atom stereocenters. The van der Waals surface area contributed by atoms with Gasteiger partial charge in [0.25, 0.3) is 0 Å². The molecule has 6 heteroatoms. The first kappa shape index (κ1) is 14.2. The maximum Gasteiger partial charge on any atom is 0.178 e. The van der Waals surface area contributed by atoms with Crippen LogP contribution in [0.3, 0.4) is 0 Å². The number of H-pyrrole nitrogens is 1. The third kappa shape index (κ3) is 2.56. The van der Waals surface area contributed by atoms with E-state index in [1.54, 1.807) is 23.5 Å². The molecule has 2 nitrogen and oxygen atoms in total. The van der Waals surface area contributed by atoms with E-state index in [0.29, 0.717) is 8.34 Å². The smallest absolute Gasteiger partial charge is 0.178 e. The molecular formula is C14H12FIN2S2. The Hall–Kier alpha value is -0.730. The SMILES string of the molecule is CC(Cc1cccs1)n1c(=S)[nH]c2cc(I)c(F)cc21. The summed E-state index contributed by atoms with van der Waals surface area (Å²) in [4.78, 5) is 4.47. The fraction of sp³-hybridized carbons (Fsp3) is 0.214. The van der Waals surface area contributed by atoms with Gasteiger partial charge in [0, 0.05) is 23.4 Å². The summed E-state index contributed by atoms with van der Waals surface area (Å²) in [5.74, 6) is -0.204. The maximum absolute atomic E-state index is 13.8. The Morgan fingerprint density at radius 3 is 3.00 bits per heavy atom. The fourth-order valence-electron chi connectivity index (χ4n) is 2.37. The van der Waals surface area contributed by atoms with Crippen LogP contribution in [-0.4, -0.2) is 9.55 Å². The van der Waals surface area contributed by atoms with Crippen LogP contribution in [0.2, 0.25) is 0 Å². The second-order valence-electron chi connectivity index (χ2n) is 4.72. The van der Waals surface area contributed by atoms with E-state index in [9.17, 15) is 4.39 Å². The van der Waals surface area contributed by atoms with Gasteiger partial charge in [-0.1, -0.05) is 6.07 Å². The van der Waals surface area contributed by atoms with Gasteiger partial charge in [0.2, 0.25) is 0 Å². The Balaban J connectivity index is 2.08. The molecule has 0 amide bonds. The highest BCUT2D eigenvalue weighted by molar-refractivity contribution is 14.1. The van der Waals surface area contributed by atoms with Gasteiger partial charge in [-0.15, -0.1) is 11.3 Å². The minimum absolute atomic E-state index is 0.189. The number of hydrogen-bond donors (Lipinski definition) is 1. The molecule has 0 saturated heterocycles. The van der Waals surface area contributed by atoms with Gasteiger partial charge in [0.05, 0.1) is 14.6 Å². The molecule has 3 aromatic rings. The normalized spacial score (nSPS) is 12.9. The van der Waals surface area contributed by atoms with Gasteiger partial charge in [-0.05, 0) is 59.2 Å². The van der Waals surface area contributed by atoms with Gasteiger partial charge in [-0.2, -0.15) is 0 Å². The van der Waals surface area contributed by atoms with Gasteiger partial charge in [0.15, 0.2) is 4.77 Å². The van der Waals surface area contributed by atoms with Crippen molar-refractivity contribution in [2.75, 3.05) is 0 Å². The van der Waals surface area contributed by atoms with Crippen LogP contribution in [-0.2, 0) is 6.42 Å². The number of benzene rings is 1. The topological polar surface area (TPSA) is 20.7 Å². The van der Waals surface area contributed by atoms with Gasteiger partial charge in [-0.25, -0.2) is 4.39 Å². The quantitative estimate of drug-likeness (QED) is 0.452. The number of rotatable bonds is 3. The van der Waals surface area contributed by atoms with Crippen molar-refractivity contribution in [2.45, 2.75) is 19.4 Å². The summed E-state index contributed by atoms with van der Waals surface area (Å²) in [6, 6.07) is 7.71. The minimum atomic E-state index is -0.204. The zero-order chi connectivity index (χ0) is 14.3. The molecule has 104 valence electrons. The molecule has 2 aromatic heterocycles. The molecule has 1 N–H and O–H groups in total. The largest absolute Gasteiger partial charge is 0.331 e. The molecular weight excluding hydrogens is 406 g/mol. The highest BCUT2D eigenvalue weighted by Gasteiger charge is 2.14. The van der Waals surface area contributed by atoms with Crippen molar-refractivity contribution in [1.82, 2.24) is 9.55 Å². The number of hydrogen-bond acceptors (Lipinski definition) is 2. The van der Waals surface area contributed by atoms with Crippen LogP contribution in [0, 0.1) is 14.2 Å². The van der Waals surface area contributed by atoms with Crippen LogP contribution >= 0.6 is 46.1 Å². The molecule has 1 aromatic carbocycles. The second kappa shape index (κ2) is 5.57. The molecule has 0 fully saturated rings. The summed E-state index contributed by atoms with van der Waals surface area (Å²) in [6.45, 7) is 2.11. The predicted octanol–water partition coefficient (Wildman–Crippen LogP) is 5.31. The van der Waals surface area contributed by atoms with Crippen molar-refractivity contribution < 1.29 is 4.39 Å². The summed E-state index contributed by atoms with van der Waals surface area (Å²) >= 11 is 9.12. The van der Waals surface area contributed by atoms with Crippen molar-refractivity contribution in [2.24, 2.45) is 0 Å². The van der Waals surface area contributed by atoms with E-state index >= 15 is 0 Å². The number of nitrogens with one attached hydrogen (secondary N) is 1. The van der Waals surface area contributed by atoms with Crippen molar-refractivity contribution in [3.63, 3.8) is 0 Å². The predicted molar refractivity (Wildman–Crippen MR) is 92.5 cm³/mol. The van der Waals surface area contributed by atoms with E-state index in [1.165, 1.54) is 4.88 Å². The monoisotopic (exact) mass is 418 g/mol. The summed E-state index contributed by atoms with van der Waals surface area (Å²) in [6.07, 6.45) is 0.895. The standard InChI is InChI=1S/C14H12FIN2S2/c1-8(5-9-3-2-4-20-9)18-13-6-10(15)11(16)7-12(13)17-14(18)19/h2-4,6-8H,5H2,1H3,(H,17,19). The Morgan fingerprint density at radius 1 is 1.50 bits per heavy atom. The van der Waals surface area contributed by atoms with Crippen molar-refractivity contribution >= 4 is 57.2 Å². The van der Waals surface area contributed by atoms with Crippen molar-refractivity contribution in [3.05, 3.63) is 48.7 Å². The number of imidazole rings is 1. The molecule has 0 bridgehead atoms. The van der Waals surface area contributed by atoms with Crippen molar-refractivity contribution in [3.8, 4) is 0 Å². The van der Waals surface area contributed by atoms with E-state index in [-0.39, 0.29) is 11.9 Å². The summed E-state index contributed by atoms with van der Waals surface area (Å²) in [5, 5.41) is 2.07. The Morgan fingerprint density at radius 2 is 2.30 bits per heavy atom. The van der Waals surface area contributed by atoms with Crippen LogP contribution < -0.4 is 0 Å². The van der Waals surface area contributed by atoms with Crippen LogP contribution in [0.1, 0.15) is 17.8 Å². The third-order valence-corrected chi connectivity index (χ3v) is 5.30. The molecule has 2 heterocycles. The Bertz CT molecular complexity index is 805. The number of aromatic amines is 1. The number of fused-ring (bicyclic) bond motifs is 1. The lowest BCUT2D eigenvalue weighted by molar-refractivity contribution is 0.555. The van der Waals surface area contributed by atoms with Crippen LogP contribution in [0.5, 0.6) is 0 Å². The average molecular weight is 418 g/mol. The fourth-order valence-corrected chi connectivity index (χ4v) is 4.05. The van der Waals surface area contributed by atoms with Gasteiger partial charge in [0.1, 0.15) is 5.82 Å². The lowest BCUT2D eigenvalue weighted by atomic mass is 10.2. The first-order valence-electron chi connectivity index (χ1n) is 6.18. The zero-order valence-electron chi connectivity index (χ0n) is 10.7. The van der Waals surface area contributed by atoms with E-state index in [1.807, 2.05) is 33.2 Å². The van der Waals surface area contributed by atoms with E-state index < -0.39 is 0 Å². The molecule has 1 atom stereocenters. The average Bonchev–Trinajstić information content (AvgIpc) is 2.97. The molecule has 0 saturated carbocycles. The van der Waals surface area contributed by atoms with Gasteiger partial charge >= 0.3 is 0 Å². The van der Waals surface area contributed by atoms with E-state index in [2.05, 4.69) is 23.4 Å². The lowest BCUT2D eigenvalue weighted by Gasteiger charge is -2.13. The number of aromatic nitrogens is 2. The zero-order valence-corrected chi connectivity index (χ0v) is 14.5. The lowest BCUT2D eigenvalue weighted by Crippen LogP contribution is -2.07. The summed E-state index contributed by atoms with van der Waals surface area (Å²) < 4.78 is 17.1. The van der Waals surface area contributed by atoms with Crippen molar-refractivity contribution in [1.29, 1.82) is 0 Å². The van der Waals surface area contributed by atoms with E-state index in [4.69, 9.17) is 12.2 Å². The molecule has 0 aliphatic heterocycles. The van der Waals surface area contributed by atoms with Crippen LogP contribution in [0.25, 0.3) is 11.0 Å². The summed E-state index contributed by atoms with van der Waals surface area (Å²) in [7, 11) is 0. The first-order chi connectivity index (χ1) is 9.56. The van der Waals surface area contributed by atoms with Gasteiger partial charge in [-0.3, -0.25) is 0 Å². The molecule has 0 spiro atoms. The van der Waals surface area contributed by atoms with E-state index in [0.717, 1.165) is 17.5 Å². The third-order valence-electron chi connectivity index (χ3n) is 3.28. The molecule has 0 aliphatic carbocycles. The molecule has 0 aliphatic rings. The number of nitrogens with zero attached hydrogens (tertiary/aromatic N) is 1. The summed E-state index contributed by atoms with van der Waals surface area (Å²) in [5.41, 5.74) is 1.72. The second-order valence-corrected chi connectivity index (χ2v) is 7.30. The highest BCUT2D eigenvalue weighted by atomic mass is 127. The number of thiophene rings is 1. The minimum Gasteiger partial charge on any atom is -0.331 e. The molecule has 20 heavy (non-hydrogen) atoms. The van der Waals surface area contributed by atoms with Gasteiger partial charge < -0.3 is 9.55 Å². The van der Waals surface area contributed by atoms with Crippen LogP contribution in [0.4, 0.5) is 4.39 Å². The first-order valence-corrected chi connectivity index (χ1v) is 8.54. The Kier molecular flexibility index (Phi) is 3.96. The maximum atomic E-state index is 13.8. The molecule has 3 rings (SSSR count). The Labute approximate surface area is 138 Å².